The Labute approximate surface area is 118 Å². The zero-order valence-corrected chi connectivity index (χ0v) is 12.0. The molecule has 1 heterocycles. The number of carbonyl (C=O) groups excluding carboxylic acids is 1. The van der Waals surface area contributed by atoms with Crippen LogP contribution < -0.4 is 4.74 Å². The summed E-state index contributed by atoms with van der Waals surface area (Å²) in [4.78, 5) is 11.9. The second kappa shape index (κ2) is 6.28. The summed E-state index contributed by atoms with van der Waals surface area (Å²) in [6.45, 7) is 4.23. The van der Waals surface area contributed by atoms with Crippen LogP contribution in [0.3, 0.4) is 0 Å². The van der Waals surface area contributed by atoms with Crippen molar-refractivity contribution in [3.63, 3.8) is 0 Å². The number of methoxy groups -OCH3 is 1. The lowest BCUT2D eigenvalue weighted by atomic mass is 10.1. The number of benzene rings is 1. The Bertz CT molecular complexity index is 572. The van der Waals surface area contributed by atoms with Crippen LogP contribution in [0.1, 0.15) is 35.9 Å². The average molecular weight is 273 g/mol. The molecule has 0 fully saturated rings. The van der Waals surface area contributed by atoms with Crippen molar-refractivity contribution in [1.82, 2.24) is 4.57 Å². The van der Waals surface area contributed by atoms with Crippen LogP contribution in [0.4, 0.5) is 0 Å². The third-order valence-corrected chi connectivity index (χ3v) is 3.28. The minimum Gasteiger partial charge on any atom is -0.497 e. The minimum atomic E-state index is -0.294. The van der Waals surface area contributed by atoms with Crippen molar-refractivity contribution in [1.29, 1.82) is 0 Å². The van der Waals surface area contributed by atoms with Gasteiger partial charge in [-0.2, -0.15) is 0 Å². The van der Waals surface area contributed by atoms with Crippen LogP contribution in [0.5, 0.6) is 5.75 Å². The van der Waals surface area contributed by atoms with Crippen molar-refractivity contribution in [2.75, 3.05) is 13.7 Å². The maximum Gasteiger partial charge on any atom is 0.354 e. The van der Waals surface area contributed by atoms with Gasteiger partial charge in [0.25, 0.3) is 0 Å². The summed E-state index contributed by atoms with van der Waals surface area (Å²) in [6.07, 6.45) is 1.89. The molecule has 4 nitrogen and oxygen atoms in total. The number of aromatic nitrogens is 1. The molecule has 0 radical (unpaired) electrons. The predicted molar refractivity (Wildman–Crippen MR) is 77.2 cm³/mol. The molecule has 0 amide bonds. The zero-order chi connectivity index (χ0) is 14.5. The lowest BCUT2D eigenvalue weighted by molar-refractivity contribution is 0.0512. The highest BCUT2D eigenvalue weighted by atomic mass is 16.5. The maximum absolute atomic E-state index is 11.9. The Balaban J connectivity index is 2.26. The smallest absolute Gasteiger partial charge is 0.354 e. The first-order chi connectivity index (χ1) is 9.67. The Hall–Kier alpha value is -2.23. The van der Waals surface area contributed by atoms with Crippen molar-refractivity contribution < 1.29 is 14.3 Å². The fourth-order valence-corrected chi connectivity index (χ4v) is 2.15. The van der Waals surface area contributed by atoms with Crippen LogP contribution in [-0.2, 0) is 4.74 Å². The number of hydrogen-bond donors (Lipinski definition) is 0. The number of hydrogen-bond acceptors (Lipinski definition) is 3. The molecule has 1 atom stereocenters. The third-order valence-electron chi connectivity index (χ3n) is 3.28. The molecule has 1 unspecified atom stereocenters. The van der Waals surface area contributed by atoms with E-state index in [1.165, 1.54) is 0 Å². The number of carbonyl (C=O) groups is 1. The van der Waals surface area contributed by atoms with Crippen LogP contribution in [0, 0.1) is 0 Å². The fraction of sp³-hybridized carbons (Fsp3) is 0.312. The SMILES string of the molecule is CCOC(=O)c1cccn1C(C)c1ccc(OC)cc1. The largest absolute Gasteiger partial charge is 0.497 e. The first-order valence-electron chi connectivity index (χ1n) is 6.65. The highest BCUT2D eigenvalue weighted by Crippen LogP contribution is 2.23. The first-order valence-corrected chi connectivity index (χ1v) is 6.65. The van der Waals surface area contributed by atoms with E-state index in [1.54, 1.807) is 20.1 Å². The second-order valence-electron chi connectivity index (χ2n) is 4.47. The summed E-state index contributed by atoms with van der Waals surface area (Å²) in [7, 11) is 1.64. The first kappa shape index (κ1) is 14.2. The molecular weight excluding hydrogens is 254 g/mol. The molecule has 2 rings (SSSR count). The topological polar surface area (TPSA) is 40.5 Å². The third kappa shape index (κ3) is 2.85. The molecule has 0 saturated heterocycles. The Morgan fingerprint density at radius 3 is 2.55 bits per heavy atom. The van der Waals surface area contributed by atoms with Crippen LogP contribution in [0.25, 0.3) is 0 Å². The molecule has 106 valence electrons. The van der Waals surface area contributed by atoms with Crippen molar-refractivity contribution >= 4 is 5.97 Å². The van der Waals surface area contributed by atoms with Gasteiger partial charge in [0.2, 0.25) is 0 Å². The zero-order valence-electron chi connectivity index (χ0n) is 12.0. The number of ether oxygens (including phenoxy) is 2. The summed E-state index contributed by atoms with van der Waals surface area (Å²) in [6, 6.07) is 11.5. The minimum absolute atomic E-state index is 0.0512. The van der Waals surface area contributed by atoms with E-state index in [-0.39, 0.29) is 12.0 Å². The Kier molecular flexibility index (Phi) is 4.45. The summed E-state index contributed by atoms with van der Waals surface area (Å²) in [5, 5.41) is 0. The van der Waals surface area contributed by atoms with Gasteiger partial charge in [-0.3, -0.25) is 0 Å². The number of esters is 1. The standard InChI is InChI=1S/C16H19NO3/c1-4-20-16(18)15-6-5-11-17(15)12(2)13-7-9-14(19-3)10-8-13/h5-12H,4H2,1-3H3. The molecule has 0 spiro atoms. The molecule has 0 aliphatic heterocycles. The molecule has 4 heteroatoms. The van der Waals surface area contributed by atoms with Crippen molar-refractivity contribution in [2.24, 2.45) is 0 Å². The van der Waals surface area contributed by atoms with Gasteiger partial charge >= 0.3 is 5.97 Å². The van der Waals surface area contributed by atoms with Gasteiger partial charge in [-0.05, 0) is 43.7 Å². The maximum atomic E-state index is 11.9. The predicted octanol–water partition coefficient (Wildman–Crippen LogP) is 3.28. The van der Waals surface area contributed by atoms with Gasteiger partial charge in [0.05, 0.1) is 19.8 Å². The van der Waals surface area contributed by atoms with E-state index in [4.69, 9.17) is 9.47 Å². The normalized spacial score (nSPS) is 11.9. The van der Waals surface area contributed by atoms with Crippen molar-refractivity contribution in [3.05, 3.63) is 53.9 Å². The van der Waals surface area contributed by atoms with Crippen molar-refractivity contribution in [3.8, 4) is 5.75 Å². The number of nitrogens with zero attached hydrogens (tertiary/aromatic N) is 1. The van der Waals surface area contributed by atoms with Gasteiger partial charge in [0.1, 0.15) is 11.4 Å². The van der Waals surface area contributed by atoms with Gasteiger partial charge < -0.3 is 14.0 Å². The molecule has 0 aliphatic carbocycles. The summed E-state index contributed by atoms with van der Waals surface area (Å²) in [5.41, 5.74) is 1.67. The van der Waals surface area contributed by atoms with E-state index in [0.29, 0.717) is 12.3 Å². The van der Waals surface area contributed by atoms with E-state index >= 15 is 0 Å². The molecule has 2 aromatic rings. The van der Waals surface area contributed by atoms with E-state index < -0.39 is 0 Å². The van der Waals surface area contributed by atoms with Crippen molar-refractivity contribution in [2.45, 2.75) is 19.9 Å². The second-order valence-corrected chi connectivity index (χ2v) is 4.47. The van der Waals surface area contributed by atoms with E-state index in [1.807, 2.05) is 48.0 Å². The molecular formula is C16H19NO3. The molecule has 0 bridgehead atoms. The van der Waals surface area contributed by atoms with Gasteiger partial charge in [-0.25, -0.2) is 4.79 Å². The monoisotopic (exact) mass is 273 g/mol. The highest BCUT2D eigenvalue weighted by Gasteiger charge is 2.16. The summed E-state index contributed by atoms with van der Waals surface area (Å²) < 4.78 is 12.1. The van der Waals surface area contributed by atoms with Crippen LogP contribution in [0.2, 0.25) is 0 Å². The summed E-state index contributed by atoms with van der Waals surface area (Å²) >= 11 is 0. The lowest BCUT2D eigenvalue weighted by Crippen LogP contribution is -2.15. The van der Waals surface area contributed by atoms with E-state index in [9.17, 15) is 4.79 Å². The summed E-state index contributed by atoms with van der Waals surface area (Å²) in [5.74, 6) is 0.525. The molecule has 0 N–H and O–H groups in total. The fourth-order valence-electron chi connectivity index (χ4n) is 2.15. The van der Waals surface area contributed by atoms with Crippen LogP contribution >= 0.6 is 0 Å². The molecule has 20 heavy (non-hydrogen) atoms. The molecule has 1 aromatic carbocycles. The van der Waals surface area contributed by atoms with E-state index in [0.717, 1.165) is 11.3 Å². The van der Waals surface area contributed by atoms with Crippen LogP contribution in [-0.4, -0.2) is 24.3 Å². The highest BCUT2D eigenvalue weighted by molar-refractivity contribution is 5.87. The molecule has 0 saturated carbocycles. The lowest BCUT2D eigenvalue weighted by Gasteiger charge is -2.17. The van der Waals surface area contributed by atoms with Gasteiger partial charge in [0.15, 0.2) is 0 Å². The molecule has 1 aromatic heterocycles. The van der Waals surface area contributed by atoms with Gasteiger partial charge in [-0.1, -0.05) is 12.1 Å². The Morgan fingerprint density at radius 1 is 1.25 bits per heavy atom. The van der Waals surface area contributed by atoms with Gasteiger partial charge in [-0.15, -0.1) is 0 Å². The quantitative estimate of drug-likeness (QED) is 0.785. The average Bonchev–Trinajstić information content (AvgIpc) is 2.96. The Morgan fingerprint density at radius 2 is 1.95 bits per heavy atom. The molecule has 0 aliphatic rings. The van der Waals surface area contributed by atoms with Crippen LogP contribution in [0.15, 0.2) is 42.6 Å². The van der Waals surface area contributed by atoms with E-state index in [2.05, 4.69) is 0 Å². The van der Waals surface area contributed by atoms with Gasteiger partial charge in [0, 0.05) is 6.20 Å². The number of rotatable bonds is 5.